The third kappa shape index (κ3) is 3.24. The molecule has 0 unspecified atom stereocenters. The van der Waals surface area contributed by atoms with Crippen molar-refractivity contribution >= 4 is 22.5 Å². The number of aromatic nitrogens is 4. The van der Waals surface area contributed by atoms with Crippen LogP contribution < -0.4 is 5.32 Å². The summed E-state index contributed by atoms with van der Waals surface area (Å²) < 4.78 is 1.95. The van der Waals surface area contributed by atoms with E-state index in [2.05, 4.69) is 20.3 Å². The van der Waals surface area contributed by atoms with E-state index in [-0.39, 0.29) is 11.6 Å². The van der Waals surface area contributed by atoms with Crippen LogP contribution in [0.4, 0.5) is 5.82 Å². The molecule has 4 aromatic rings. The number of rotatable bonds is 3. The largest absolute Gasteiger partial charge is 0.334 e. The Balaban J connectivity index is 1.65. The Morgan fingerprint density at radius 2 is 2.00 bits per heavy atom. The fourth-order valence-corrected chi connectivity index (χ4v) is 2.83. The van der Waals surface area contributed by atoms with Gasteiger partial charge in [-0.25, -0.2) is 15.0 Å². The number of fused-ring (bicyclic) bond motifs is 1. The maximum Gasteiger partial charge on any atom is 0.256 e. The Morgan fingerprint density at radius 3 is 2.78 bits per heavy atom. The second kappa shape index (κ2) is 6.69. The molecule has 3 aromatic heterocycles. The molecule has 0 aliphatic carbocycles. The summed E-state index contributed by atoms with van der Waals surface area (Å²) in [6.07, 6.45) is 6.70. The lowest BCUT2D eigenvalue weighted by Crippen LogP contribution is -2.13. The van der Waals surface area contributed by atoms with Gasteiger partial charge in [0.2, 0.25) is 0 Å². The average Bonchev–Trinajstić information content (AvgIpc) is 3.13. The van der Waals surface area contributed by atoms with Crippen molar-refractivity contribution in [3.05, 3.63) is 72.6 Å². The van der Waals surface area contributed by atoms with Crippen LogP contribution in [0, 0.1) is 11.3 Å². The molecular weight excluding hydrogens is 340 g/mol. The number of hydrogen-bond donors (Lipinski definition) is 1. The van der Waals surface area contributed by atoms with Crippen LogP contribution in [0.1, 0.15) is 16.1 Å². The molecule has 4 rings (SSSR count). The fourth-order valence-electron chi connectivity index (χ4n) is 2.83. The zero-order valence-corrected chi connectivity index (χ0v) is 14.4. The average molecular weight is 354 g/mol. The van der Waals surface area contributed by atoms with Gasteiger partial charge in [-0.05, 0) is 29.7 Å². The first-order valence-corrected chi connectivity index (χ1v) is 8.18. The first-order valence-electron chi connectivity index (χ1n) is 8.18. The van der Waals surface area contributed by atoms with Crippen LogP contribution in [0.3, 0.4) is 0 Å². The molecule has 27 heavy (non-hydrogen) atoms. The van der Waals surface area contributed by atoms with Crippen molar-refractivity contribution in [3.63, 3.8) is 0 Å². The predicted molar refractivity (Wildman–Crippen MR) is 101 cm³/mol. The summed E-state index contributed by atoms with van der Waals surface area (Å²) >= 11 is 0. The predicted octanol–water partition coefficient (Wildman–Crippen LogP) is 3.15. The van der Waals surface area contributed by atoms with E-state index in [0.29, 0.717) is 11.4 Å². The molecule has 130 valence electrons. The summed E-state index contributed by atoms with van der Waals surface area (Å²) in [5, 5.41) is 13.6. The van der Waals surface area contributed by atoms with Gasteiger partial charge >= 0.3 is 0 Å². The lowest BCUT2D eigenvalue weighted by atomic mass is 10.1. The molecule has 0 spiro atoms. The Labute approximate surface area is 155 Å². The minimum absolute atomic E-state index is 0.190. The van der Waals surface area contributed by atoms with E-state index in [0.717, 1.165) is 22.0 Å². The van der Waals surface area contributed by atoms with E-state index < -0.39 is 0 Å². The number of nitrogens with one attached hydrogen (secondary N) is 1. The number of hydrogen-bond acceptors (Lipinski definition) is 5. The van der Waals surface area contributed by atoms with Gasteiger partial charge in [0.1, 0.15) is 17.6 Å². The van der Waals surface area contributed by atoms with E-state index >= 15 is 0 Å². The smallest absolute Gasteiger partial charge is 0.256 e. The third-order valence-electron chi connectivity index (χ3n) is 4.21. The van der Waals surface area contributed by atoms with Gasteiger partial charge in [0.05, 0.1) is 18.2 Å². The van der Waals surface area contributed by atoms with Gasteiger partial charge in [-0.15, -0.1) is 0 Å². The van der Waals surface area contributed by atoms with Crippen LogP contribution in [-0.2, 0) is 7.05 Å². The molecule has 0 saturated heterocycles. The lowest BCUT2D eigenvalue weighted by molar-refractivity contribution is 0.102. The van der Waals surface area contributed by atoms with Crippen LogP contribution in [0.2, 0.25) is 0 Å². The minimum atomic E-state index is -0.344. The van der Waals surface area contributed by atoms with Crippen LogP contribution in [-0.4, -0.2) is 25.4 Å². The fraction of sp³-hybridized carbons (Fsp3) is 0.0500. The van der Waals surface area contributed by atoms with Crippen molar-refractivity contribution in [2.24, 2.45) is 7.05 Å². The van der Waals surface area contributed by atoms with Crippen molar-refractivity contribution in [2.75, 3.05) is 5.32 Å². The lowest BCUT2D eigenvalue weighted by Gasteiger charge is -2.08. The van der Waals surface area contributed by atoms with Crippen molar-refractivity contribution in [1.29, 1.82) is 5.26 Å². The number of nitrogens with zero attached hydrogens (tertiary/aromatic N) is 5. The summed E-state index contributed by atoms with van der Waals surface area (Å²) in [7, 11) is 1.94. The number of anilines is 1. The highest BCUT2D eigenvalue weighted by Gasteiger charge is 2.10. The second-order valence-corrected chi connectivity index (χ2v) is 6.02. The van der Waals surface area contributed by atoms with E-state index in [4.69, 9.17) is 5.26 Å². The zero-order chi connectivity index (χ0) is 18.8. The molecule has 0 aliphatic rings. The Hall–Kier alpha value is -4.05. The molecule has 7 heteroatoms. The van der Waals surface area contributed by atoms with Crippen LogP contribution in [0.25, 0.3) is 22.0 Å². The monoisotopic (exact) mass is 354 g/mol. The Morgan fingerprint density at radius 1 is 1.11 bits per heavy atom. The number of benzene rings is 1. The van der Waals surface area contributed by atoms with Crippen molar-refractivity contribution < 1.29 is 4.79 Å². The van der Waals surface area contributed by atoms with Gasteiger partial charge in [0.25, 0.3) is 5.91 Å². The SMILES string of the molecule is Cn1cncc1-c1ccc2cnc(NC(=O)c3ccnc(C#N)c3)cc2c1. The highest BCUT2D eigenvalue weighted by atomic mass is 16.1. The Bertz CT molecular complexity index is 1200. The number of carbonyl (C=O) groups is 1. The van der Waals surface area contributed by atoms with Crippen molar-refractivity contribution in [1.82, 2.24) is 19.5 Å². The van der Waals surface area contributed by atoms with Gasteiger partial charge in [0, 0.05) is 36.0 Å². The molecule has 0 saturated carbocycles. The van der Waals surface area contributed by atoms with Crippen molar-refractivity contribution in [3.8, 4) is 17.3 Å². The van der Waals surface area contributed by atoms with Gasteiger partial charge in [-0.1, -0.05) is 12.1 Å². The molecule has 1 N–H and O–H groups in total. The highest BCUT2D eigenvalue weighted by Crippen LogP contribution is 2.25. The molecule has 0 fully saturated rings. The number of imidazole rings is 1. The normalized spacial score (nSPS) is 10.5. The molecule has 0 aliphatic heterocycles. The van der Waals surface area contributed by atoms with Crippen LogP contribution >= 0.6 is 0 Å². The molecular formula is C20H14N6O. The van der Waals surface area contributed by atoms with Gasteiger partial charge in [0.15, 0.2) is 0 Å². The minimum Gasteiger partial charge on any atom is -0.334 e. The molecule has 0 atom stereocenters. The summed E-state index contributed by atoms with van der Waals surface area (Å²) in [6.45, 7) is 0. The number of pyridine rings is 2. The van der Waals surface area contributed by atoms with Gasteiger partial charge in [-0.3, -0.25) is 4.79 Å². The number of amides is 1. The number of aryl methyl sites for hydroxylation is 1. The molecule has 1 aromatic carbocycles. The van der Waals surface area contributed by atoms with Gasteiger partial charge < -0.3 is 9.88 Å². The summed E-state index contributed by atoms with van der Waals surface area (Å²) in [6, 6.07) is 12.8. The van der Waals surface area contributed by atoms with Gasteiger partial charge in [-0.2, -0.15) is 5.26 Å². The number of nitriles is 1. The van der Waals surface area contributed by atoms with E-state index in [1.165, 1.54) is 12.3 Å². The second-order valence-electron chi connectivity index (χ2n) is 6.02. The first kappa shape index (κ1) is 16.4. The topological polar surface area (TPSA) is 96.5 Å². The molecule has 7 nitrogen and oxygen atoms in total. The Kier molecular flexibility index (Phi) is 4.07. The zero-order valence-electron chi connectivity index (χ0n) is 14.4. The van der Waals surface area contributed by atoms with Crippen LogP contribution in [0.15, 0.2) is 61.3 Å². The maximum atomic E-state index is 12.4. The quantitative estimate of drug-likeness (QED) is 0.609. The van der Waals surface area contributed by atoms with E-state index in [1.54, 1.807) is 24.8 Å². The molecule has 0 bridgehead atoms. The standard InChI is InChI=1S/C20H14N6O/c1-26-12-22-11-18(26)13-2-3-15-10-24-19(8-16(15)6-13)25-20(27)14-4-5-23-17(7-14)9-21/h2-8,10-12H,1H3,(H,24,25,27). The summed E-state index contributed by atoms with van der Waals surface area (Å²) in [5.41, 5.74) is 2.57. The van der Waals surface area contributed by atoms with Crippen molar-refractivity contribution in [2.45, 2.75) is 0 Å². The molecule has 3 heterocycles. The summed E-state index contributed by atoms with van der Waals surface area (Å²) in [5.74, 6) is 0.0912. The third-order valence-corrected chi connectivity index (χ3v) is 4.21. The maximum absolute atomic E-state index is 12.4. The summed E-state index contributed by atoms with van der Waals surface area (Å²) in [4.78, 5) is 24.7. The molecule has 0 radical (unpaired) electrons. The number of carbonyl (C=O) groups excluding carboxylic acids is 1. The highest BCUT2D eigenvalue weighted by molar-refractivity contribution is 6.04. The van der Waals surface area contributed by atoms with E-state index in [1.807, 2.05) is 41.9 Å². The van der Waals surface area contributed by atoms with Crippen LogP contribution in [0.5, 0.6) is 0 Å². The molecule has 1 amide bonds. The first-order chi connectivity index (χ1) is 13.1. The van der Waals surface area contributed by atoms with E-state index in [9.17, 15) is 4.79 Å².